The van der Waals surface area contributed by atoms with Gasteiger partial charge < -0.3 is 10.1 Å². The number of hydrazone groups is 1. The van der Waals surface area contributed by atoms with Gasteiger partial charge in [0.25, 0.3) is 11.8 Å². The summed E-state index contributed by atoms with van der Waals surface area (Å²) < 4.78 is 18.7. The van der Waals surface area contributed by atoms with Gasteiger partial charge in [-0.3, -0.25) is 9.59 Å². The van der Waals surface area contributed by atoms with Crippen LogP contribution in [0.4, 0.5) is 10.1 Å². The van der Waals surface area contributed by atoms with Crippen LogP contribution in [0.3, 0.4) is 0 Å². The van der Waals surface area contributed by atoms with Crippen molar-refractivity contribution in [2.45, 2.75) is 6.61 Å². The average Bonchev–Trinajstić information content (AvgIpc) is 3.40. The molecule has 0 unspecified atom stereocenters. The van der Waals surface area contributed by atoms with E-state index in [2.05, 4.69) is 15.8 Å². The summed E-state index contributed by atoms with van der Waals surface area (Å²) in [5, 5.41) is 8.58. The van der Waals surface area contributed by atoms with E-state index in [1.165, 1.54) is 29.7 Å². The highest BCUT2D eigenvalue weighted by molar-refractivity contribution is 7.12. The van der Waals surface area contributed by atoms with Gasteiger partial charge in [-0.2, -0.15) is 5.10 Å². The van der Waals surface area contributed by atoms with Crippen molar-refractivity contribution in [3.05, 3.63) is 118 Å². The summed E-state index contributed by atoms with van der Waals surface area (Å²) in [5.41, 5.74) is 4.80. The van der Waals surface area contributed by atoms with Crippen LogP contribution in [0.1, 0.15) is 31.2 Å². The number of hydrogen-bond donors (Lipinski definition) is 2. The molecule has 6 nitrogen and oxygen atoms in total. The number of anilines is 1. The normalized spacial score (nSPS) is 10.7. The molecule has 0 fully saturated rings. The van der Waals surface area contributed by atoms with Gasteiger partial charge in [-0.1, -0.05) is 30.3 Å². The Morgan fingerprint density at radius 3 is 2.41 bits per heavy atom. The first kappa shape index (κ1) is 22.9. The van der Waals surface area contributed by atoms with Gasteiger partial charge >= 0.3 is 0 Å². The second kappa shape index (κ2) is 11.0. The van der Waals surface area contributed by atoms with Crippen molar-refractivity contribution in [3.8, 4) is 5.75 Å². The van der Waals surface area contributed by atoms with Crippen LogP contribution >= 0.6 is 11.3 Å². The summed E-state index contributed by atoms with van der Waals surface area (Å²) >= 11 is 1.32. The van der Waals surface area contributed by atoms with E-state index in [9.17, 15) is 14.0 Å². The molecule has 1 aromatic heterocycles. The molecule has 0 aliphatic rings. The Bertz CT molecular complexity index is 1290. The van der Waals surface area contributed by atoms with E-state index in [-0.39, 0.29) is 11.7 Å². The molecule has 0 aliphatic heterocycles. The lowest BCUT2D eigenvalue weighted by molar-refractivity contribution is 0.0956. The highest BCUT2D eigenvalue weighted by atomic mass is 32.1. The molecule has 0 atom stereocenters. The fourth-order valence-electron chi connectivity index (χ4n) is 3.00. The third kappa shape index (κ3) is 6.14. The number of benzene rings is 3. The van der Waals surface area contributed by atoms with Gasteiger partial charge in [0.05, 0.1) is 22.3 Å². The Morgan fingerprint density at radius 2 is 1.68 bits per heavy atom. The van der Waals surface area contributed by atoms with Gasteiger partial charge in [-0.05, 0) is 71.1 Å². The predicted molar refractivity (Wildman–Crippen MR) is 131 cm³/mol. The third-order valence-corrected chi connectivity index (χ3v) is 5.61. The minimum absolute atomic E-state index is 0.277. The smallest absolute Gasteiger partial charge is 0.273 e. The summed E-state index contributed by atoms with van der Waals surface area (Å²) in [6.45, 7) is 0.326. The second-order valence-corrected chi connectivity index (χ2v) is 8.11. The van der Waals surface area contributed by atoms with E-state index in [0.29, 0.717) is 28.5 Å². The third-order valence-electron chi connectivity index (χ3n) is 4.74. The lowest BCUT2D eigenvalue weighted by atomic mass is 10.1. The zero-order valence-corrected chi connectivity index (χ0v) is 18.7. The second-order valence-electron chi connectivity index (χ2n) is 7.16. The van der Waals surface area contributed by atoms with Gasteiger partial charge in [-0.15, -0.1) is 11.3 Å². The Labute approximate surface area is 199 Å². The highest BCUT2D eigenvalue weighted by Gasteiger charge is 2.14. The van der Waals surface area contributed by atoms with E-state index in [1.54, 1.807) is 72.8 Å². The van der Waals surface area contributed by atoms with Crippen LogP contribution in [0.5, 0.6) is 5.75 Å². The highest BCUT2D eigenvalue weighted by Crippen LogP contribution is 2.18. The summed E-state index contributed by atoms with van der Waals surface area (Å²) in [6.07, 6.45) is 1.51. The van der Waals surface area contributed by atoms with Crippen LogP contribution in [0.25, 0.3) is 0 Å². The number of rotatable bonds is 8. The minimum atomic E-state index is -0.447. The predicted octanol–water partition coefficient (Wildman–Crippen LogP) is 5.48. The lowest BCUT2D eigenvalue weighted by Crippen LogP contribution is -2.21. The van der Waals surface area contributed by atoms with Crippen LogP contribution in [0.2, 0.25) is 0 Å². The van der Waals surface area contributed by atoms with Gasteiger partial charge in [0.2, 0.25) is 0 Å². The number of thiophene rings is 1. The Kier molecular flexibility index (Phi) is 7.42. The lowest BCUT2D eigenvalue weighted by Gasteiger charge is -2.09. The molecule has 0 spiro atoms. The van der Waals surface area contributed by atoms with Crippen LogP contribution in [0.15, 0.2) is 95.4 Å². The molecule has 2 N–H and O–H groups in total. The molecule has 3 aromatic carbocycles. The number of ether oxygens (including phenoxy) is 1. The monoisotopic (exact) mass is 473 g/mol. The van der Waals surface area contributed by atoms with Gasteiger partial charge in [0.15, 0.2) is 0 Å². The van der Waals surface area contributed by atoms with Crippen molar-refractivity contribution >= 4 is 35.1 Å². The topological polar surface area (TPSA) is 79.8 Å². The summed E-state index contributed by atoms with van der Waals surface area (Å²) in [5.74, 6) is -0.356. The maximum Gasteiger partial charge on any atom is 0.273 e. The molecule has 0 saturated heterocycles. The van der Waals surface area contributed by atoms with E-state index < -0.39 is 5.91 Å². The quantitative estimate of drug-likeness (QED) is 0.263. The van der Waals surface area contributed by atoms with Crippen LogP contribution in [-0.4, -0.2) is 18.0 Å². The first-order valence-corrected chi connectivity index (χ1v) is 11.2. The Morgan fingerprint density at radius 1 is 0.912 bits per heavy atom. The zero-order chi connectivity index (χ0) is 23.8. The van der Waals surface area contributed by atoms with Crippen molar-refractivity contribution < 1.29 is 18.7 Å². The van der Waals surface area contributed by atoms with Crippen molar-refractivity contribution in [2.24, 2.45) is 5.10 Å². The van der Waals surface area contributed by atoms with Crippen molar-refractivity contribution in [1.29, 1.82) is 0 Å². The number of amides is 2. The standard InChI is InChI=1S/C26H20FN3O3S/c27-20-11-7-19(8-12-20)17-33-21-13-9-18(10-14-21)16-28-30-25(31)22-4-1-2-5-23(22)29-26(32)24-6-3-15-34-24/h1-16H,17H2,(H,29,32)(H,30,31)/b28-16-. The molecule has 0 radical (unpaired) electrons. The van der Waals surface area contributed by atoms with Gasteiger partial charge in [0, 0.05) is 0 Å². The van der Waals surface area contributed by atoms with E-state index in [1.807, 2.05) is 5.38 Å². The van der Waals surface area contributed by atoms with E-state index >= 15 is 0 Å². The zero-order valence-electron chi connectivity index (χ0n) is 17.9. The molecule has 2 amide bonds. The molecular weight excluding hydrogens is 453 g/mol. The van der Waals surface area contributed by atoms with Crippen molar-refractivity contribution in [3.63, 3.8) is 0 Å². The van der Waals surface area contributed by atoms with Crippen molar-refractivity contribution in [2.75, 3.05) is 5.32 Å². The molecule has 1 heterocycles. The molecule has 0 bridgehead atoms. The van der Waals surface area contributed by atoms with Crippen LogP contribution in [-0.2, 0) is 6.61 Å². The van der Waals surface area contributed by atoms with Crippen molar-refractivity contribution in [1.82, 2.24) is 5.43 Å². The number of nitrogens with one attached hydrogen (secondary N) is 2. The molecule has 8 heteroatoms. The van der Waals surface area contributed by atoms with Crippen LogP contribution < -0.4 is 15.5 Å². The van der Waals surface area contributed by atoms with Gasteiger partial charge in [0.1, 0.15) is 18.2 Å². The fourth-order valence-corrected chi connectivity index (χ4v) is 3.62. The number of hydrogen-bond acceptors (Lipinski definition) is 5. The maximum absolute atomic E-state index is 13.0. The average molecular weight is 474 g/mol. The molecule has 4 rings (SSSR count). The van der Waals surface area contributed by atoms with E-state index in [0.717, 1.165) is 11.1 Å². The summed E-state index contributed by atoms with van der Waals surface area (Å²) in [4.78, 5) is 25.5. The van der Waals surface area contributed by atoms with Crippen LogP contribution in [0, 0.1) is 5.82 Å². The van der Waals surface area contributed by atoms with Gasteiger partial charge in [-0.25, -0.2) is 9.82 Å². The molecule has 4 aromatic rings. The molecule has 34 heavy (non-hydrogen) atoms. The first-order chi connectivity index (χ1) is 16.6. The summed E-state index contributed by atoms with van der Waals surface area (Å²) in [7, 11) is 0. The Hall–Kier alpha value is -4.30. The molecule has 0 aliphatic carbocycles. The molecule has 170 valence electrons. The minimum Gasteiger partial charge on any atom is -0.489 e. The number of carbonyl (C=O) groups is 2. The molecular formula is C26H20FN3O3S. The number of halogens is 1. The number of carbonyl (C=O) groups excluding carboxylic acids is 2. The largest absolute Gasteiger partial charge is 0.489 e. The maximum atomic E-state index is 13.0. The van der Waals surface area contributed by atoms with E-state index in [4.69, 9.17) is 4.74 Å². The number of para-hydroxylation sites is 1. The number of nitrogens with zero attached hydrogens (tertiary/aromatic N) is 1. The summed E-state index contributed by atoms with van der Waals surface area (Å²) in [6, 6.07) is 23.5. The molecule has 0 saturated carbocycles. The first-order valence-electron chi connectivity index (χ1n) is 10.3. The Balaban J connectivity index is 1.32. The SMILES string of the molecule is O=C(Nc1ccccc1C(=O)N/N=C\c1ccc(OCc2ccc(F)cc2)cc1)c1cccs1. The fraction of sp³-hybridized carbons (Fsp3) is 0.0385.